The highest BCUT2D eigenvalue weighted by Crippen LogP contribution is 2.20. The molecule has 0 saturated heterocycles. The van der Waals surface area contributed by atoms with Gasteiger partial charge < -0.3 is 4.74 Å². The van der Waals surface area contributed by atoms with Crippen LogP contribution in [0.3, 0.4) is 0 Å². The van der Waals surface area contributed by atoms with Crippen molar-refractivity contribution in [3.8, 4) is 12.1 Å². The first-order chi connectivity index (χ1) is 12.2. The average molecular weight is 330 g/mol. The molecule has 0 aromatic heterocycles. The summed E-state index contributed by atoms with van der Waals surface area (Å²) in [6, 6.07) is 19.6. The Morgan fingerprint density at radius 3 is 2.28 bits per heavy atom. The number of ether oxygens (including phenoxy) is 1. The van der Waals surface area contributed by atoms with Gasteiger partial charge in [-0.2, -0.15) is 15.6 Å². The molecular weight excluding hydrogens is 316 g/mol. The first-order valence-electron chi connectivity index (χ1n) is 7.27. The molecule has 0 bridgehead atoms. The van der Waals surface area contributed by atoms with Gasteiger partial charge in [-0.3, -0.25) is 5.43 Å². The molecule has 1 N–H and O–H groups in total. The van der Waals surface area contributed by atoms with Gasteiger partial charge in [0.1, 0.15) is 12.1 Å². The van der Waals surface area contributed by atoms with E-state index in [4.69, 9.17) is 15.3 Å². The quantitative estimate of drug-likeness (QED) is 0.298. The molecule has 0 spiro atoms. The summed E-state index contributed by atoms with van der Waals surface area (Å²) in [5, 5.41) is 20.9. The van der Waals surface area contributed by atoms with Crippen LogP contribution in [0.5, 0.6) is 0 Å². The third-order valence-electron chi connectivity index (χ3n) is 3.22. The molecule has 2 aromatic rings. The maximum Gasteiger partial charge on any atom is 0.338 e. The van der Waals surface area contributed by atoms with E-state index in [-0.39, 0.29) is 5.71 Å². The number of carbonyl (C=O) groups excluding carboxylic acids is 1. The van der Waals surface area contributed by atoms with Crippen LogP contribution in [-0.4, -0.2) is 18.8 Å². The molecule has 122 valence electrons. The van der Waals surface area contributed by atoms with Crippen LogP contribution in [0.2, 0.25) is 0 Å². The Labute approximate surface area is 145 Å². The van der Waals surface area contributed by atoms with Crippen LogP contribution in [-0.2, 0) is 9.53 Å². The number of methoxy groups -OCH3 is 1. The number of hydrogen-bond donors (Lipinski definition) is 1. The lowest BCUT2D eigenvalue weighted by atomic mass is 10.0. The Kier molecular flexibility index (Phi) is 6.05. The Bertz CT molecular complexity index is 870. The van der Waals surface area contributed by atoms with Crippen molar-refractivity contribution in [1.82, 2.24) is 0 Å². The van der Waals surface area contributed by atoms with Gasteiger partial charge in [-0.1, -0.05) is 42.5 Å². The zero-order chi connectivity index (χ0) is 18.1. The molecule has 0 atom stereocenters. The minimum atomic E-state index is -0.425. The standard InChI is InChI=1S/C19H14N4O2/c1-25-19(24)18(15-5-3-2-4-6-15)11-14-7-9-16(10-8-14)22-23-17(12-20)13-21/h2-11,22H,1H3. The minimum absolute atomic E-state index is 0.263. The lowest BCUT2D eigenvalue weighted by Crippen LogP contribution is -2.03. The number of nitriles is 2. The Balaban J connectivity index is 2.27. The van der Waals surface area contributed by atoms with Crippen LogP contribution in [0.4, 0.5) is 5.69 Å². The molecule has 0 saturated carbocycles. The van der Waals surface area contributed by atoms with Crippen molar-refractivity contribution in [3.05, 3.63) is 65.7 Å². The van der Waals surface area contributed by atoms with Gasteiger partial charge in [0.05, 0.1) is 18.4 Å². The van der Waals surface area contributed by atoms with Gasteiger partial charge in [-0.05, 0) is 29.3 Å². The number of rotatable bonds is 5. The predicted octanol–water partition coefficient (Wildman–Crippen LogP) is 3.22. The Hall–Kier alpha value is -3.90. The molecule has 0 heterocycles. The summed E-state index contributed by atoms with van der Waals surface area (Å²) in [6.45, 7) is 0. The number of carbonyl (C=O) groups is 1. The molecular formula is C19H14N4O2. The summed E-state index contributed by atoms with van der Waals surface area (Å²) >= 11 is 0. The number of anilines is 1. The maximum atomic E-state index is 12.0. The Morgan fingerprint density at radius 2 is 1.72 bits per heavy atom. The zero-order valence-corrected chi connectivity index (χ0v) is 13.4. The second-order valence-corrected chi connectivity index (χ2v) is 4.83. The van der Waals surface area contributed by atoms with Crippen molar-refractivity contribution in [3.63, 3.8) is 0 Å². The van der Waals surface area contributed by atoms with Crippen LogP contribution < -0.4 is 5.43 Å². The molecule has 0 aliphatic heterocycles. The molecule has 0 fully saturated rings. The van der Waals surface area contributed by atoms with Crippen molar-refractivity contribution in [2.45, 2.75) is 0 Å². The Morgan fingerprint density at radius 1 is 1.08 bits per heavy atom. The van der Waals surface area contributed by atoms with Crippen LogP contribution >= 0.6 is 0 Å². The highest BCUT2D eigenvalue weighted by atomic mass is 16.5. The van der Waals surface area contributed by atoms with E-state index in [1.165, 1.54) is 7.11 Å². The summed E-state index contributed by atoms with van der Waals surface area (Å²) in [5.41, 5.74) is 4.96. The van der Waals surface area contributed by atoms with Crippen molar-refractivity contribution >= 4 is 29.0 Å². The topological polar surface area (TPSA) is 98.3 Å². The van der Waals surface area contributed by atoms with Gasteiger partial charge in [-0.15, -0.1) is 0 Å². The second-order valence-electron chi connectivity index (χ2n) is 4.83. The SMILES string of the molecule is COC(=O)C(=Cc1ccc(NN=C(C#N)C#N)cc1)c1ccccc1. The van der Waals surface area contributed by atoms with E-state index in [0.29, 0.717) is 11.3 Å². The lowest BCUT2D eigenvalue weighted by Gasteiger charge is -2.06. The lowest BCUT2D eigenvalue weighted by molar-refractivity contribution is -0.133. The zero-order valence-electron chi connectivity index (χ0n) is 13.4. The summed E-state index contributed by atoms with van der Waals surface area (Å²) in [7, 11) is 1.34. The first kappa shape index (κ1) is 17.5. The van der Waals surface area contributed by atoms with E-state index in [1.54, 1.807) is 42.5 Å². The fraction of sp³-hybridized carbons (Fsp3) is 0.0526. The normalized spacial score (nSPS) is 10.1. The number of hydrogen-bond acceptors (Lipinski definition) is 6. The molecule has 0 amide bonds. The summed E-state index contributed by atoms with van der Waals surface area (Å²) in [5.74, 6) is -0.425. The van der Waals surface area contributed by atoms with Crippen LogP contribution in [0.25, 0.3) is 11.6 Å². The third kappa shape index (κ3) is 4.78. The molecule has 0 aliphatic carbocycles. The number of nitrogens with zero attached hydrogens (tertiary/aromatic N) is 3. The molecule has 2 rings (SSSR count). The molecule has 0 unspecified atom stereocenters. The van der Waals surface area contributed by atoms with Gasteiger partial charge in [0.2, 0.25) is 5.71 Å². The van der Waals surface area contributed by atoms with E-state index < -0.39 is 5.97 Å². The van der Waals surface area contributed by atoms with Crippen LogP contribution in [0.15, 0.2) is 59.7 Å². The maximum absolute atomic E-state index is 12.0. The largest absolute Gasteiger partial charge is 0.465 e. The van der Waals surface area contributed by atoms with E-state index in [1.807, 2.05) is 30.3 Å². The molecule has 0 radical (unpaired) electrons. The fourth-order valence-corrected chi connectivity index (χ4v) is 2.00. The van der Waals surface area contributed by atoms with Crippen molar-refractivity contribution in [2.24, 2.45) is 5.10 Å². The summed E-state index contributed by atoms with van der Waals surface area (Å²) in [4.78, 5) is 12.0. The van der Waals surface area contributed by atoms with Crippen molar-refractivity contribution in [1.29, 1.82) is 10.5 Å². The molecule has 25 heavy (non-hydrogen) atoms. The first-order valence-corrected chi connectivity index (χ1v) is 7.27. The van der Waals surface area contributed by atoms with E-state index in [2.05, 4.69) is 10.5 Å². The third-order valence-corrected chi connectivity index (χ3v) is 3.22. The van der Waals surface area contributed by atoms with Gasteiger partial charge >= 0.3 is 5.97 Å². The number of benzene rings is 2. The van der Waals surface area contributed by atoms with E-state index in [0.717, 1.165) is 11.1 Å². The number of nitrogens with one attached hydrogen (secondary N) is 1. The summed E-state index contributed by atoms with van der Waals surface area (Å²) in [6.07, 6.45) is 1.73. The van der Waals surface area contributed by atoms with Gasteiger partial charge in [0.25, 0.3) is 0 Å². The fourth-order valence-electron chi connectivity index (χ4n) is 2.00. The van der Waals surface area contributed by atoms with E-state index >= 15 is 0 Å². The minimum Gasteiger partial charge on any atom is -0.465 e. The molecule has 6 heteroatoms. The van der Waals surface area contributed by atoms with Crippen molar-refractivity contribution < 1.29 is 9.53 Å². The highest BCUT2D eigenvalue weighted by Gasteiger charge is 2.11. The van der Waals surface area contributed by atoms with Crippen LogP contribution in [0.1, 0.15) is 11.1 Å². The molecule has 2 aromatic carbocycles. The monoisotopic (exact) mass is 330 g/mol. The summed E-state index contributed by atoms with van der Waals surface area (Å²) < 4.78 is 4.85. The van der Waals surface area contributed by atoms with Gasteiger partial charge in [0.15, 0.2) is 0 Å². The smallest absolute Gasteiger partial charge is 0.338 e. The van der Waals surface area contributed by atoms with E-state index in [9.17, 15) is 4.79 Å². The van der Waals surface area contributed by atoms with Crippen LogP contribution in [0, 0.1) is 22.7 Å². The van der Waals surface area contributed by atoms with Gasteiger partial charge in [0, 0.05) is 0 Å². The predicted molar refractivity (Wildman–Crippen MR) is 95.1 cm³/mol. The second kappa shape index (κ2) is 8.66. The van der Waals surface area contributed by atoms with Crippen molar-refractivity contribution in [2.75, 3.05) is 12.5 Å². The van der Waals surface area contributed by atoms with Gasteiger partial charge in [-0.25, -0.2) is 4.79 Å². The average Bonchev–Trinajstić information content (AvgIpc) is 2.68. The number of esters is 1. The molecule has 0 aliphatic rings. The highest BCUT2D eigenvalue weighted by molar-refractivity contribution is 6.21. The number of hydrazone groups is 1. The molecule has 6 nitrogen and oxygen atoms in total.